The average molecular weight is 192 g/mol. The van der Waals surface area contributed by atoms with Crippen molar-refractivity contribution < 1.29 is 14.3 Å². The molecular formula is C10H10NO3+. The number of likely N-dealkylation sites (N-methyl/N-ethyl adjacent to an activating group) is 1. The number of nitrogens with zero attached hydrogens (tertiary/aromatic N) is 1. The van der Waals surface area contributed by atoms with Gasteiger partial charge in [-0.15, -0.1) is 0 Å². The number of quaternary nitrogens is 1. The molecule has 0 bridgehead atoms. The first kappa shape index (κ1) is 8.90. The van der Waals surface area contributed by atoms with Crippen LogP contribution in [-0.4, -0.2) is 25.7 Å². The van der Waals surface area contributed by atoms with Gasteiger partial charge in [0.2, 0.25) is 0 Å². The van der Waals surface area contributed by atoms with Crippen molar-refractivity contribution in [2.75, 3.05) is 13.6 Å². The Morgan fingerprint density at radius 1 is 1.21 bits per heavy atom. The topological polar surface area (TPSA) is 43.4 Å². The summed E-state index contributed by atoms with van der Waals surface area (Å²) in [4.78, 5) is 22.4. The van der Waals surface area contributed by atoms with Gasteiger partial charge in [0.05, 0.1) is 7.05 Å². The fraction of sp³-hybridized carbons (Fsp3) is 0.200. The molecule has 72 valence electrons. The number of esters is 1. The van der Waals surface area contributed by atoms with Crippen LogP contribution in [0, 0.1) is 0 Å². The van der Waals surface area contributed by atoms with Crippen LogP contribution in [0.1, 0.15) is 0 Å². The molecule has 1 fully saturated rings. The maximum absolute atomic E-state index is 11.4. The van der Waals surface area contributed by atoms with Crippen LogP contribution >= 0.6 is 0 Å². The number of carbonyl (C=O) groups is 2. The van der Waals surface area contributed by atoms with Gasteiger partial charge in [-0.05, 0) is 12.1 Å². The molecule has 0 aromatic heterocycles. The Morgan fingerprint density at radius 3 is 2.36 bits per heavy atom. The fourth-order valence-corrected chi connectivity index (χ4v) is 1.51. The Labute approximate surface area is 81.3 Å². The van der Waals surface area contributed by atoms with Gasteiger partial charge in [-0.2, -0.15) is 9.28 Å². The molecule has 1 aromatic carbocycles. The van der Waals surface area contributed by atoms with Crippen LogP contribution in [0.25, 0.3) is 0 Å². The zero-order chi connectivity index (χ0) is 10.2. The van der Waals surface area contributed by atoms with E-state index in [1.807, 2.05) is 18.2 Å². The second kappa shape index (κ2) is 2.92. The second-order valence-electron chi connectivity index (χ2n) is 3.43. The van der Waals surface area contributed by atoms with Crippen LogP contribution in [0.5, 0.6) is 0 Å². The molecule has 0 radical (unpaired) electrons. The molecule has 0 aliphatic carbocycles. The lowest BCUT2D eigenvalue weighted by molar-refractivity contribution is -0.132. The van der Waals surface area contributed by atoms with Crippen molar-refractivity contribution in [1.29, 1.82) is 0 Å². The number of para-hydroxylation sites is 1. The van der Waals surface area contributed by atoms with Crippen LogP contribution in [0.15, 0.2) is 30.3 Å². The molecule has 1 heterocycles. The molecule has 1 amide bonds. The highest BCUT2D eigenvalue weighted by Gasteiger charge is 2.47. The van der Waals surface area contributed by atoms with Crippen LogP contribution in [-0.2, 0) is 9.53 Å². The molecule has 1 unspecified atom stereocenters. The van der Waals surface area contributed by atoms with Crippen molar-refractivity contribution in [3.8, 4) is 0 Å². The summed E-state index contributed by atoms with van der Waals surface area (Å²) < 4.78 is 4.43. The first-order valence-electron chi connectivity index (χ1n) is 4.29. The van der Waals surface area contributed by atoms with E-state index in [1.54, 1.807) is 19.2 Å². The van der Waals surface area contributed by atoms with Crippen LogP contribution < -0.4 is 4.48 Å². The Hall–Kier alpha value is -1.68. The van der Waals surface area contributed by atoms with Crippen LogP contribution in [0.3, 0.4) is 0 Å². The summed E-state index contributed by atoms with van der Waals surface area (Å²) in [6.45, 7) is 0.0723. The molecule has 1 aliphatic rings. The van der Waals surface area contributed by atoms with Gasteiger partial charge in [-0.3, -0.25) is 0 Å². The third-order valence-corrected chi connectivity index (χ3v) is 2.38. The summed E-state index contributed by atoms with van der Waals surface area (Å²) >= 11 is 0. The lowest BCUT2D eigenvalue weighted by Gasteiger charge is -2.20. The van der Waals surface area contributed by atoms with Crippen molar-refractivity contribution in [3.05, 3.63) is 30.3 Å². The van der Waals surface area contributed by atoms with Crippen molar-refractivity contribution >= 4 is 17.7 Å². The van der Waals surface area contributed by atoms with Crippen molar-refractivity contribution in [3.63, 3.8) is 0 Å². The highest BCUT2D eigenvalue weighted by atomic mass is 16.6. The maximum atomic E-state index is 11.4. The summed E-state index contributed by atoms with van der Waals surface area (Å²) in [5, 5.41) is 0. The van der Waals surface area contributed by atoms with Gasteiger partial charge in [0, 0.05) is 0 Å². The summed E-state index contributed by atoms with van der Waals surface area (Å²) in [7, 11) is 1.67. The molecule has 4 heteroatoms. The number of ether oxygens (including phenoxy) is 1. The zero-order valence-corrected chi connectivity index (χ0v) is 7.77. The second-order valence-corrected chi connectivity index (χ2v) is 3.43. The van der Waals surface area contributed by atoms with Crippen molar-refractivity contribution in [2.24, 2.45) is 0 Å². The number of hydrogen-bond acceptors (Lipinski definition) is 3. The molecule has 1 aromatic rings. The van der Waals surface area contributed by atoms with Gasteiger partial charge in [-0.25, -0.2) is 4.79 Å². The highest BCUT2D eigenvalue weighted by molar-refractivity contribution is 6.00. The van der Waals surface area contributed by atoms with Crippen molar-refractivity contribution in [1.82, 2.24) is 4.48 Å². The number of cyclic esters (lactones) is 2. The van der Waals surface area contributed by atoms with E-state index in [9.17, 15) is 9.59 Å². The van der Waals surface area contributed by atoms with Gasteiger partial charge in [0.15, 0.2) is 6.54 Å². The summed E-state index contributed by atoms with van der Waals surface area (Å²) in [5.74, 6) is -0.471. The zero-order valence-electron chi connectivity index (χ0n) is 7.77. The number of hydrogen-bond donors (Lipinski definition) is 0. The van der Waals surface area contributed by atoms with E-state index in [-0.39, 0.29) is 11.0 Å². The average Bonchev–Trinajstić information content (AvgIpc) is 2.43. The molecule has 0 N–H and O–H groups in total. The fourth-order valence-electron chi connectivity index (χ4n) is 1.51. The molecular weight excluding hydrogens is 182 g/mol. The minimum Gasteiger partial charge on any atom is -0.341 e. The molecule has 0 spiro atoms. The van der Waals surface area contributed by atoms with Gasteiger partial charge in [0.1, 0.15) is 5.69 Å². The summed E-state index contributed by atoms with van der Waals surface area (Å²) in [6.07, 6.45) is -0.513. The summed E-state index contributed by atoms with van der Waals surface area (Å²) in [6, 6.07) is 9.13. The monoisotopic (exact) mass is 192 g/mol. The number of rotatable bonds is 1. The maximum Gasteiger partial charge on any atom is 0.529 e. The van der Waals surface area contributed by atoms with E-state index in [2.05, 4.69) is 4.74 Å². The van der Waals surface area contributed by atoms with Gasteiger partial charge in [-0.1, -0.05) is 18.2 Å². The lowest BCUT2D eigenvalue weighted by Crippen LogP contribution is -2.46. The molecule has 1 saturated heterocycles. The van der Waals surface area contributed by atoms with E-state index < -0.39 is 12.1 Å². The first-order chi connectivity index (χ1) is 6.63. The molecule has 0 saturated carbocycles. The largest absolute Gasteiger partial charge is 0.529 e. The predicted molar refractivity (Wildman–Crippen MR) is 50.5 cm³/mol. The van der Waals surface area contributed by atoms with Gasteiger partial charge in [0.25, 0.3) is 0 Å². The first-order valence-corrected chi connectivity index (χ1v) is 4.29. The quantitative estimate of drug-likeness (QED) is 0.382. The highest BCUT2D eigenvalue weighted by Crippen LogP contribution is 2.25. The lowest BCUT2D eigenvalue weighted by atomic mass is 10.2. The Balaban J connectivity index is 2.43. The number of benzene rings is 1. The normalized spacial score (nSPS) is 26.4. The van der Waals surface area contributed by atoms with E-state index in [4.69, 9.17) is 0 Å². The molecule has 2 rings (SSSR count). The Bertz CT molecular complexity index is 388. The standard InChI is InChI=1S/C10H10NO3/c1-11(7-9(12)14-10(11)13)8-5-3-2-4-6-8/h2-6H,7H2,1H3/q+1. The van der Waals surface area contributed by atoms with E-state index in [1.165, 1.54) is 0 Å². The summed E-state index contributed by atoms with van der Waals surface area (Å²) in [5.41, 5.74) is 0.767. The van der Waals surface area contributed by atoms with Gasteiger partial charge >= 0.3 is 12.1 Å². The van der Waals surface area contributed by atoms with E-state index >= 15 is 0 Å². The third-order valence-electron chi connectivity index (χ3n) is 2.38. The van der Waals surface area contributed by atoms with Crippen LogP contribution in [0.4, 0.5) is 10.5 Å². The Kier molecular flexibility index (Phi) is 1.86. The number of carbonyl (C=O) groups excluding carboxylic acids is 2. The molecule has 4 nitrogen and oxygen atoms in total. The van der Waals surface area contributed by atoms with E-state index in [0.717, 1.165) is 5.69 Å². The predicted octanol–water partition coefficient (Wildman–Crippen LogP) is 1.30. The molecule has 1 atom stereocenters. The van der Waals surface area contributed by atoms with E-state index in [0.29, 0.717) is 0 Å². The number of amides is 1. The van der Waals surface area contributed by atoms with Crippen LogP contribution in [0.2, 0.25) is 0 Å². The Morgan fingerprint density at radius 2 is 1.86 bits per heavy atom. The molecule has 14 heavy (non-hydrogen) atoms. The minimum atomic E-state index is -0.513. The molecule has 1 aliphatic heterocycles. The van der Waals surface area contributed by atoms with Crippen molar-refractivity contribution in [2.45, 2.75) is 0 Å². The SMILES string of the molecule is C[N+]1(c2ccccc2)CC(=O)OC1=O. The van der Waals surface area contributed by atoms with Gasteiger partial charge < -0.3 is 4.74 Å². The smallest absolute Gasteiger partial charge is 0.341 e. The minimum absolute atomic E-state index is 0.0723. The third kappa shape index (κ3) is 1.20.